The van der Waals surface area contributed by atoms with Crippen LogP contribution in [0.1, 0.15) is 11.1 Å². The predicted molar refractivity (Wildman–Crippen MR) is 80.2 cm³/mol. The lowest BCUT2D eigenvalue weighted by atomic mass is 10.1. The highest BCUT2D eigenvalue weighted by Crippen LogP contribution is 2.20. The molecule has 20 heavy (non-hydrogen) atoms. The van der Waals surface area contributed by atoms with E-state index in [4.69, 9.17) is 0 Å². The van der Waals surface area contributed by atoms with Crippen molar-refractivity contribution in [3.63, 3.8) is 0 Å². The van der Waals surface area contributed by atoms with Crippen LogP contribution in [0.3, 0.4) is 0 Å². The van der Waals surface area contributed by atoms with Crippen LogP contribution in [0, 0.1) is 12.7 Å². The molecule has 3 rings (SSSR count). The molecule has 0 saturated heterocycles. The average Bonchev–Trinajstić information content (AvgIpc) is 2.44. The van der Waals surface area contributed by atoms with Crippen molar-refractivity contribution < 1.29 is 4.39 Å². The van der Waals surface area contributed by atoms with Crippen molar-refractivity contribution in [2.45, 2.75) is 13.5 Å². The van der Waals surface area contributed by atoms with Gasteiger partial charge in [0.05, 0.1) is 0 Å². The Hall–Kier alpha value is -2.42. The molecular weight excluding hydrogens is 251 g/mol. The zero-order chi connectivity index (χ0) is 13.9. The van der Waals surface area contributed by atoms with Crippen molar-refractivity contribution in [3.8, 4) is 0 Å². The van der Waals surface area contributed by atoms with Gasteiger partial charge in [-0.1, -0.05) is 18.2 Å². The smallest absolute Gasteiger partial charge is 0.125 e. The number of nitrogens with one attached hydrogen (secondary N) is 1. The molecule has 3 heteroatoms. The molecule has 2 aromatic carbocycles. The maximum Gasteiger partial charge on any atom is 0.125 e. The fourth-order valence-corrected chi connectivity index (χ4v) is 2.38. The minimum Gasteiger partial charge on any atom is -0.381 e. The van der Waals surface area contributed by atoms with Crippen molar-refractivity contribution in [2.24, 2.45) is 0 Å². The molecule has 0 aliphatic rings. The third-order valence-electron chi connectivity index (χ3n) is 3.30. The van der Waals surface area contributed by atoms with E-state index < -0.39 is 0 Å². The highest BCUT2D eigenvalue weighted by Gasteiger charge is 2.02. The quantitative estimate of drug-likeness (QED) is 0.764. The molecule has 0 atom stereocenters. The van der Waals surface area contributed by atoms with Crippen LogP contribution in [0.25, 0.3) is 10.8 Å². The number of aromatic nitrogens is 1. The first-order valence-corrected chi connectivity index (χ1v) is 6.55. The predicted octanol–water partition coefficient (Wildman–Crippen LogP) is 4.29. The van der Waals surface area contributed by atoms with Gasteiger partial charge in [0.15, 0.2) is 0 Å². The van der Waals surface area contributed by atoms with E-state index in [-0.39, 0.29) is 5.82 Å². The summed E-state index contributed by atoms with van der Waals surface area (Å²) in [7, 11) is 0. The minimum atomic E-state index is -0.213. The second-order valence-corrected chi connectivity index (χ2v) is 4.88. The molecule has 1 aromatic heterocycles. The van der Waals surface area contributed by atoms with E-state index in [1.54, 1.807) is 6.20 Å². The minimum absolute atomic E-state index is 0.213. The lowest BCUT2D eigenvalue weighted by Gasteiger charge is -2.10. The largest absolute Gasteiger partial charge is 0.381 e. The molecular formula is C17H15FN2. The van der Waals surface area contributed by atoms with Crippen LogP contribution in [0.4, 0.5) is 10.1 Å². The van der Waals surface area contributed by atoms with Crippen LogP contribution in [0.5, 0.6) is 0 Å². The summed E-state index contributed by atoms with van der Waals surface area (Å²) in [5.41, 5.74) is 2.88. The molecule has 0 fully saturated rings. The van der Waals surface area contributed by atoms with Crippen LogP contribution in [0.2, 0.25) is 0 Å². The Bertz CT molecular complexity index is 727. The van der Waals surface area contributed by atoms with E-state index in [1.807, 2.05) is 37.4 Å². The lowest BCUT2D eigenvalue weighted by molar-refractivity contribution is 0.627. The summed E-state index contributed by atoms with van der Waals surface area (Å²) in [6.07, 6.45) is 3.64. The van der Waals surface area contributed by atoms with Gasteiger partial charge in [-0.25, -0.2) is 4.39 Å². The number of rotatable bonds is 3. The van der Waals surface area contributed by atoms with Crippen molar-refractivity contribution in [3.05, 3.63) is 71.8 Å². The molecule has 1 N–H and O–H groups in total. The van der Waals surface area contributed by atoms with E-state index in [0.717, 1.165) is 16.6 Å². The maximum absolute atomic E-state index is 13.4. The number of hydrogen-bond acceptors (Lipinski definition) is 2. The molecule has 3 aromatic rings. The van der Waals surface area contributed by atoms with Gasteiger partial charge in [-0.15, -0.1) is 0 Å². The van der Waals surface area contributed by atoms with Gasteiger partial charge in [0.1, 0.15) is 5.82 Å². The van der Waals surface area contributed by atoms with Gasteiger partial charge in [-0.3, -0.25) is 4.98 Å². The van der Waals surface area contributed by atoms with Gasteiger partial charge in [0, 0.05) is 30.0 Å². The second-order valence-electron chi connectivity index (χ2n) is 4.88. The summed E-state index contributed by atoms with van der Waals surface area (Å²) >= 11 is 0. The first kappa shape index (κ1) is 12.6. The average molecular weight is 266 g/mol. The zero-order valence-electron chi connectivity index (χ0n) is 11.2. The Labute approximate surface area is 117 Å². The fourth-order valence-electron chi connectivity index (χ4n) is 2.38. The van der Waals surface area contributed by atoms with Gasteiger partial charge < -0.3 is 5.32 Å². The first-order valence-electron chi connectivity index (χ1n) is 6.55. The Morgan fingerprint density at radius 2 is 2.05 bits per heavy atom. The highest BCUT2D eigenvalue weighted by atomic mass is 19.1. The van der Waals surface area contributed by atoms with Crippen molar-refractivity contribution in [2.75, 3.05) is 5.32 Å². The van der Waals surface area contributed by atoms with Crippen molar-refractivity contribution >= 4 is 16.5 Å². The summed E-state index contributed by atoms with van der Waals surface area (Å²) in [5, 5.41) is 5.56. The number of anilines is 1. The number of hydrogen-bond donors (Lipinski definition) is 1. The van der Waals surface area contributed by atoms with E-state index in [9.17, 15) is 4.39 Å². The van der Waals surface area contributed by atoms with Crippen molar-refractivity contribution in [1.82, 2.24) is 4.98 Å². The molecule has 2 nitrogen and oxygen atoms in total. The fraction of sp³-hybridized carbons (Fsp3) is 0.118. The standard InChI is InChI=1S/C17H15FN2/c1-12-7-15(18)9-16(8-12)20-11-14-4-2-3-13-10-19-6-5-17(13)14/h2-10,20H,11H2,1H3. The third kappa shape index (κ3) is 2.62. The molecule has 0 saturated carbocycles. The molecule has 1 heterocycles. The number of halogens is 1. The Morgan fingerprint density at radius 3 is 2.90 bits per heavy atom. The van der Waals surface area contributed by atoms with Crippen LogP contribution in [-0.4, -0.2) is 4.98 Å². The number of fused-ring (bicyclic) bond motifs is 1. The van der Waals surface area contributed by atoms with E-state index in [2.05, 4.69) is 16.4 Å². The SMILES string of the molecule is Cc1cc(F)cc(NCc2cccc3cnccc23)c1. The molecule has 0 radical (unpaired) electrons. The number of aryl methyl sites for hydroxylation is 1. The Balaban J connectivity index is 1.87. The summed E-state index contributed by atoms with van der Waals surface area (Å²) in [4.78, 5) is 4.13. The normalized spacial score (nSPS) is 10.7. The van der Waals surface area contributed by atoms with Crippen molar-refractivity contribution in [1.29, 1.82) is 0 Å². The monoisotopic (exact) mass is 266 g/mol. The first-order chi connectivity index (χ1) is 9.72. The molecule has 0 unspecified atom stereocenters. The number of nitrogens with zero attached hydrogens (tertiary/aromatic N) is 1. The molecule has 0 spiro atoms. The topological polar surface area (TPSA) is 24.9 Å². The van der Waals surface area contributed by atoms with Crippen LogP contribution < -0.4 is 5.32 Å². The van der Waals surface area contributed by atoms with Crippen LogP contribution in [-0.2, 0) is 6.54 Å². The molecule has 0 aliphatic carbocycles. The summed E-state index contributed by atoms with van der Waals surface area (Å²) in [5.74, 6) is -0.213. The van der Waals surface area contributed by atoms with E-state index >= 15 is 0 Å². The van der Waals surface area contributed by atoms with Gasteiger partial charge >= 0.3 is 0 Å². The maximum atomic E-state index is 13.4. The molecule has 0 amide bonds. The number of pyridine rings is 1. The van der Waals surface area contributed by atoms with Crippen LogP contribution >= 0.6 is 0 Å². The van der Waals surface area contributed by atoms with Gasteiger partial charge in [-0.05, 0) is 47.7 Å². The Kier molecular flexibility index (Phi) is 3.33. The lowest BCUT2D eigenvalue weighted by Crippen LogP contribution is -2.01. The summed E-state index contributed by atoms with van der Waals surface area (Å²) in [6.45, 7) is 2.54. The van der Waals surface area contributed by atoms with Gasteiger partial charge in [0.2, 0.25) is 0 Å². The molecule has 0 bridgehead atoms. The summed E-state index contributed by atoms with van der Waals surface area (Å²) < 4.78 is 13.4. The second kappa shape index (κ2) is 5.29. The third-order valence-corrected chi connectivity index (χ3v) is 3.30. The Morgan fingerprint density at radius 1 is 1.15 bits per heavy atom. The van der Waals surface area contributed by atoms with Crippen LogP contribution in [0.15, 0.2) is 54.9 Å². The van der Waals surface area contributed by atoms with Gasteiger partial charge in [-0.2, -0.15) is 0 Å². The van der Waals surface area contributed by atoms with E-state index in [1.165, 1.54) is 23.1 Å². The van der Waals surface area contributed by atoms with E-state index in [0.29, 0.717) is 6.54 Å². The van der Waals surface area contributed by atoms with Gasteiger partial charge in [0.25, 0.3) is 0 Å². The highest BCUT2D eigenvalue weighted by molar-refractivity contribution is 5.84. The molecule has 0 aliphatic heterocycles. The number of benzene rings is 2. The zero-order valence-corrected chi connectivity index (χ0v) is 11.2. The summed E-state index contributed by atoms with van der Waals surface area (Å²) in [6, 6.07) is 13.1. The molecule has 100 valence electrons.